The van der Waals surface area contributed by atoms with Gasteiger partial charge in [-0.05, 0) is 68.9 Å². The normalized spacial score (nSPS) is 25.2. The van der Waals surface area contributed by atoms with E-state index in [1.165, 1.54) is 50.9 Å². The lowest BCUT2D eigenvalue weighted by Gasteiger charge is -2.35. The average molecular weight is 313 g/mol. The molecule has 0 spiro atoms. The van der Waals surface area contributed by atoms with Crippen molar-refractivity contribution in [2.24, 2.45) is 5.92 Å². The first-order valence-corrected chi connectivity index (χ1v) is 8.37. The van der Waals surface area contributed by atoms with Crippen molar-refractivity contribution in [3.8, 4) is 0 Å². The van der Waals surface area contributed by atoms with Crippen LogP contribution >= 0.6 is 23.2 Å². The van der Waals surface area contributed by atoms with Crippen molar-refractivity contribution in [3.63, 3.8) is 0 Å². The Morgan fingerprint density at radius 2 is 1.95 bits per heavy atom. The molecule has 3 rings (SSSR count). The highest BCUT2D eigenvalue weighted by atomic mass is 35.5. The molecule has 0 aromatic heterocycles. The molecule has 2 heterocycles. The molecule has 2 saturated heterocycles. The van der Waals surface area contributed by atoms with Gasteiger partial charge in [-0.1, -0.05) is 29.3 Å². The smallest absolute Gasteiger partial charge is 0.0465 e. The summed E-state index contributed by atoms with van der Waals surface area (Å²) in [6, 6.07) is 6.59. The fourth-order valence-electron chi connectivity index (χ4n) is 3.52. The summed E-state index contributed by atoms with van der Waals surface area (Å²) in [5, 5.41) is 5.15. The summed E-state index contributed by atoms with van der Waals surface area (Å²) < 4.78 is 0. The summed E-state index contributed by atoms with van der Waals surface area (Å²) in [6.45, 7) is 4.52. The summed E-state index contributed by atoms with van der Waals surface area (Å²) in [5.74, 6) is 0.870. The van der Waals surface area contributed by atoms with Crippen molar-refractivity contribution in [2.75, 3.05) is 19.6 Å². The van der Waals surface area contributed by atoms with E-state index >= 15 is 0 Å². The van der Waals surface area contributed by atoms with Crippen molar-refractivity contribution in [1.82, 2.24) is 10.2 Å². The highest BCUT2D eigenvalue weighted by molar-refractivity contribution is 6.35. The van der Waals surface area contributed by atoms with E-state index in [0.29, 0.717) is 5.02 Å². The van der Waals surface area contributed by atoms with Gasteiger partial charge in [0.15, 0.2) is 0 Å². The standard InChI is InChI=1S/C16H22Cl2N2/c17-14-4-3-13(15(18)10-14)11-20-8-5-12(6-9-20)16-2-1-7-19-16/h3-4,10,12,16,19H,1-2,5-9,11H2. The maximum atomic E-state index is 6.26. The minimum atomic E-state index is 0.713. The first-order valence-electron chi connectivity index (χ1n) is 7.62. The van der Waals surface area contributed by atoms with E-state index in [1.54, 1.807) is 0 Å². The third kappa shape index (κ3) is 3.48. The number of benzene rings is 1. The van der Waals surface area contributed by atoms with E-state index in [4.69, 9.17) is 23.2 Å². The number of halogens is 2. The van der Waals surface area contributed by atoms with Crippen LogP contribution in [0, 0.1) is 5.92 Å². The van der Waals surface area contributed by atoms with E-state index in [-0.39, 0.29) is 0 Å². The number of hydrogen-bond donors (Lipinski definition) is 1. The van der Waals surface area contributed by atoms with Gasteiger partial charge in [-0.2, -0.15) is 0 Å². The van der Waals surface area contributed by atoms with Gasteiger partial charge >= 0.3 is 0 Å². The van der Waals surface area contributed by atoms with E-state index < -0.39 is 0 Å². The molecule has 0 saturated carbocycles. The molecule has 1 aromatic carbocycles. The molecule has 0 amide bonds. The highest BCUT2D eigenvalue weighted by Gasteiger charge is 2.28. The van der Waals surface area contributed by atoms with Crippen LogP contribution in [0.3, 0.4) is 0 Å². The Bertz CT molecular complexity index is 450. The highest BCUT2D eigenvalue weighted by Crippen LogP contribution is 2.28. The predicted octanol–water partition coefficient (Wildman–Crippen LogP) is 3.96. The van der Waals surface area contributed by atoms with E-state index in [0.717, 1.165) is 23.5 Å². The molecule has 4 heteroatoms. The van der Waals surface area contributed by atoms with Gasteiger partial charge in [0.25, 0.3) is 0 Å². The van der Waals surface area contributed by atoms with E-state index in [2.05, 4.69) is 16.3 Å². The van der Waals surface area contributed by atoms with Crippen LogP contribution in [0.25, 0.3) is 0 Å². The van der Waals surface area contributed by atoms with Crippen LogP contribution in [0.2, 0.25) is 10.0 Å². The molecular formula is C16H22Cl2N2. The first-order chi connectivity index (χ1) is 9.72. The van der Waals surface area contributed by atoms with Gasteiger partial charge in [-0.25, -0.2) is 0 Å². The lowest BCUT2D eigenvalue weighted by Crippen LogP contribution is -2.40. The third-order valence-electron chi connectivity index (χ3n) is 4.71. The molecule has 2 aliphatic heterocycles. The molecule has 1 N–H and O–H groups in total. The zero-order valence-corrected chi connectivity index (χ0v) is 13.3. The van der Waals surface area contributed by atoms with Gasteiger partial charge in [0.2, 0.25) is 0 Å². The molecule has 0 bridgehead atoms. The Kier molecular flexibility index (Phi) is 4.87. The number of hydrogen-bond acceptors (Lipinski definition) is 2. The topological polar surface area (TPSA) is 15.3 Å². The predicted molar refractivity (Wildman–Crippen MR) is 85.5 cm³/mol. The van der Waals surface area contributed by atoms with Crippen molar-refractivity contribution >= 4 is 23.2 Å². The second kappa shape index (κ2) is 6.65. The Balaban J connectivity index is 1.53. The Hall–Kier alpha value is -0.280. The Morgan fingerprint density at radius 3 is 2.60 bits per heavy atom. The van der Waals surface area contributed by atoms with Crippen molar-refractivity contribution in [1.29, 1.82) is 0 Å². The van der Waals surface area contributed by atoms with Gasteiger partial charge in [0, 0.05) is 22.6 Å². The van der Waals surface area contributed by atoms with Crippen LogP contribution in [0.1, 0.15) is 31.2 Å². The van der Waals surface area contributed by atoms with Crippen LogP contribution in [0.5, 0.6) is 0 Å². The number of nitrogens with zero attached hydrogens (tertiary/aromatic N) is 1. The van der Waals surface area contributed by atoms with Crippen molar-refractivity contribution < 1.29 is 0 Å². The number of likely N-dealkylation sites (tertiary alicyclic amines) is 1. The number of nitrogens with one attached hydrogen (secondary N) is 1. The average Bonchev–Trinajstić information content (AvgIpc) is 2.97. The zero-order chi connectivity index (χ0) is 13.9. The maximum Gasteiger partial charge on any atom is 0.0465 e. The molecule has 2 aliphatic rings. The first kappa shape index (κ1) is 14.6. The monoisotopic (exact) mass is 312 g/mol. The third-order valence-corrected chi connectivity index (χ3v) is 5.30. The molecule has 0 radical (unpaired) electrons. The molecular weight excluding hydrogens is 291 g/mol. The van der Waals surface area contributed by atoms with Gasteiger partial charge in [-0.3, -0.25) is 4.90 Å². The van der Waals surface area contributed by atoms with Crippen molar-refractivity contribution in [2.45, 2.75) is 38.3 Å². The lowest BCUT2D eigenvalue weighted by atomic mass is 9.88. The minimum Gasteiger partial charge on any atom is -0.314 e. The summed E-state index contributed by atoms with van der Waals surface area (Å²) in [7, 11) is 0. The van der Waals surface area contributed by atoms with Gasteiger partial charge < -0.3 is 5.32 Å². The number of piperidine rings is 1. The summed E-state index contributed by atoms with van der Waals surface area (Å²) in [5.41, 5.74) is 1.19. The molecule has 1 atom stereocenters. The second-order valence-corrected chi connectivity index (χ2v) is 6.90. The zero-order valence-electron chi connectivity index (χ0n) is 11.7. The maximum absolute atomic E-state index is 6.26. The minimum absolute atomic E-state index is 0.713. The molecule has 0 aliphatic carbocycles. The molecule has 2 nitrogen and oxygen atoms in total. The fourth-order valence-corrected chi connectivity index (χ4v) is 3.99. The van der Waals surface area contributed by atoms with Crippen LogP contribution in [0.15, 0.2) is 18.2 Å². The van der Waals surface area contributed by atoms with Crippen LogP contribution in [-0.4, -0.2) is 30.6 Å². The Labute approximate surface area is 131 Å². The number of rotatable bonds is 3. The SMILES string of the molecule is Clc1ccc(CN2CCC(C3CCCN3)CC2)c(Cl)c1. The van der Waals surface area contributed by atoms with Crippen LogP contribution < -0.4 is 5.32 Å². The quantitative estimate of drug-likeness (QED) is 0.909. The van der Waals surface area contributed by atoms with E-state index in [1.807, 2.05) is 12.1 Å². The molecule has 110 valence electrons. The summed E-state index contributed by atoms with van der Waals surface area (Å²) in [6.07, 6.45) is 5.34. The summed E-state index contributed by atoms with van der Waals surface area (Å²) in [4.78, 5) is 2.51. The van der Waals surface area contributed by atoms with Gasteiger partial charge in [0.05, 0.1) is 0 Å². The van der Waals surface area contributed by atoms with E-state index in [9.17, 15) is 0 Å². The van der Waals surface area contributed by atoms with Crippen molar-refractivity contribution in [3.05, 3.63) is 33.8 Å². The summed E-state index contributed by atoms with van der Waals surface area (Å²) >= 11 is 12.2. The Morgan fingerprint density at radius 1 is 1.15 bits per heavy atom. The second-order valence-electron chi connectivity index (χ2n) is 6.05. The molecule has 1 aromatic rings. The fraction of sp³-hybridized carbons (Fsp3) is 0.625. The molecule has 20 heavy (non-hydrogen) atoms. The lowest BCUT2D eigenvalue weighted by molar-refractivity contribution is 0.157. The largest absolute Gasteiger partial charge is 0.314 e. The molecule has 2 fully saturated rings. The molecule has 1 unspecified atom stereocenters. The van der Waals surface area contributed by atoms with Crippen LogP contribution in [0.4, 0.5) is 0 Å². The van der Waals surface area contributed by atoms with Gasteiger partial charge in [0.1, 0.15) is 0 Å². The van der Waals surface area contributed by atoms with Gasteiger partial charge in [-0.15, -0.1) is 0 Å². The van der Waals surface area contributed by atoms with Crippen LogP contribution in [-0.2, 0) is 6.54 Å².